The second kappa shape index (κ2) is 14.3. The zero-order valence-corrected chi connectivity index (χ0v) is 25.3. The molecule has 0 bridgehead atoms. The highest BCUT2D eigenvalue weighted by atomic mass is 79.9. The average Bonchev–Trinajstić information content (AvgIpc) is 2.98. The number of hydrogen-bond acceptors (Lipinski definition) is 9. The van der Waals surface area contributed by atoms with E-state index in [1.807, 2.05) is 0 Å². The monoisotopic (exact) mass is 631 g/mol. The van der Waals surface area contributed by atoms with E-state index in [1.54, 1.807) is 30.4 Å². The molecule has 0 amide bonds. The van der Waals surface area contributed by atoms with Gasteiger partial charge in [-0.2, -0.15) is 0 Å². The molecule has 0 fully saturated rings. The summed E-state index contributed by atoms with van der Waals surface area (Å²) in [6.07, 6.45) is 6.18. The largest absolute Gasteiger partial charge is 0.493 e. The second-order valence-corrected chi connectivity index (χ2v) is 9.02. The van der Waals surface area contributed by atoms with Crippen molar-refractivity contribution >= 4 is 39.6 Å². The number of rotatable bonds is 13. The summed E-state index contributed by atoms with van der Waals surface area (Å²) < 4.78 is 52.8. The third kappa shape index (κ3) is 6.86. The molecule has 9 nitrogen and oxygen atoms in total. The van der Waals surface area contributed by atoms with Crippen LogP contribution in [0.1, 0.15) is 21.5 Å². The van der Waals surface area contributed by atoms with E-state index < -0.39 is 5.82 Å². The van der Waals surface area contributed by atoms with Gasteiger partial charge in [-0.1, -0.05) is 12.2 Å². The van der Waals surface area contributed by atoms with Gasteiger partial charge in [0.05, 0.1) is 59.9 Å². The van der Waals surface area contributed by atoms with Crippen molar-refractivity contribution in [1.29, 1.82) is 0 Å². The Morgan fingerprint density at radius 3 is 1.71 bits per heavy atom. The summed E-state index contributed by atoms with van der Waals surface area (Å²) in [5, 5.41) is 2.94. The first-order valence-corrected chi connectivity index (χ1v) is 12.9. The highest BCUT2D eigenvalue weighted by Gasteiger charge is 2.22. The van der Waals surface area contributed by atoms with Crippen LogP contribution in [-0.2, 0) is 0 Å². The molecule has 218 valence electrons. The van der Waals surface area contributed by atoms with Crippen molar-refractivity contribution in [2.75, 3.05) is 55.1 Å². The molecule has 0 radical (unpaired) electrons. The molecule has 0 aromatic heterocycles. The Bertz CT molecular complexity index is 1450. The van der Waals surface area contributed by atoms with Crippen molar-refractivity contribution in [3.63, 3.8) is 0 Å². The number of methoxy groups -OCH3 is 7. The molecule has 0 saturated carbocycles. The molecule has 3 aromatic carbocycles. The smallest absolute Gasteiger partial charge is 0.204 e. The van der Waals surface area contributed by atoms with Gasteiger partial charge in [0, 0.05) is 17.8 Å². The fourth-order valence-electron chi connectivity index (χ4n) is 4.01. The van der Waals surface area contributed by atoms with Crippen LogP contribution < -0.4 is 38.5 Å². The maximum atomic E-state index is 14.9. The highest BCUT2D eigenvalue weighted by Crippen LogP contribution is 2.45. The summed E-state index contributed by atoms with van der Waals surface area (Å²) in [6.45, 7) is 0. The first-order chi connectivity index (χ1) is 19.8. The van der Waals surface area contributed by atoms with Crippen LogP contribution >= 0.6 is 15.9 Å². The van der Waals surface area contributed by atoms with E-state index >= 15 is 0 Å². The van der Waals surface area contributed by atoms with Crippen LogP contribution in [0.15, 0.2) is 47.1 Å². The summed E-state index contributed by atoms with van der Waals surface area (Å²) in [6, 6.07) is 8.09. The molecule has 41 heavy (non-hydrogen) atoms. The zero-order valence-electron chi connectivity index (χ0n) is 23.7. The van der Waals surface area contributed by atoms with E-state index in [-0.39, 0.29) is 17.1 Å². The number of ether oxygens (including phenoxy) is 7. The van der Waals surface area contributed by atoms with Crippen molar-refractivity contribution in [3.8, 4) is 40.2 Å². The van der Waals surface area contributed by atoms with Crippen LogP contribution in [0.5, 0.6) is 40.2 Å². The zero-order chi connectivity index (χ0) is 30.1. The highest BCUT2D eigenvalue weighted by molar-refractivity contribution is 9.10. The minimum absolute atomic E-state index is 0.0130. The third-order valence-corrected chi connectivity index (χ3v) is 6.72. The molecule has 0 heterocycles. The number of ketones is 1. The molecule has 1 N–H and O–H groups in total. The Hall–Kier alpha value is -4.38. The Morgan fingerprint density at radius 1 is 0.683 bits per heavy atom. The van der Waals surface area contributed by atoms with Crippen molar-refractivity contribution in [2.24, 2.45) is 0 Å². The van der Waals surface area contributed by atoms with Crippen molar-refractivity contribution < 1.29 is 42.3 Å². The molecule has 3 rings (SSSR count). The molecule has 0 unspecified atom stereocenters. The molecule has 0 saturated heterocycles. The van der Waals surface area contributed by atoms with Gasteiger partial charge >= 0.3 is 0 Å². The van der Waals surface area contributed by atoms with Crippen LogP contribution in [-0.4, -0.2) is 55.6 Å². The van der Waals surface area contributed by atoms with Gasteiger partial charge in [-0.3, -0.25) is 4.79 Å². The molecule has 11 heteroatoms. The molecule has 0 spiro atoms. The van der Waals surface area contributed by atoms with Gasteiger partial charge in [0.2, 0.25) is 11.5 Å². The van der Waals surface area contributed by atoms with Crippen molar-refractivity contribution in [1.82, 2.24) is 0 Å². The predicted octanol–water partition coefficient (Wildman–Crippen LogP) is 6.63. The number of hydrogen-bond donors (Lipinski definition) is 1. The average molecular weight is 632 g/mol. The molecular weight excluding hydrogens is 601 g/mol. The minimum Gasteiger partial charge on any atom is -0.493 e. The number of halogens is 2. The summed E-state index contributed by atoms with van der Waals surface area (Å²) in [5.74, 6) is 1.45. The van der Waals surface area contributed by atoms with Crippen LogP contribution in [0.4, 0.5) is 10.1 Å². The maximum absolute atomic E-state index is 14.9. The van der Waals surface area contributed by atoms with Crippen molar-refractivity contribution in [2.45, 2.75) is 0 Å². The van der Waals surface area contributed by atoms with E-state index in [9.17, 15) is 9.18 Å². The fraction of sp³-hybridized carbons (Fsp3) is 0.233. The van der Waals surface area contributed by atoms with Crippen LogP contribution in [0.2, 0.25) is 0 Å². The topological polar surface area (TPSA) is 93.7 Å². The van der Waals surface area contributed by atoms with Gasteiger partial charge in [0.1, 0.15) is 0 Å². The van der Waals surface area contributed by atoms with E-state index in [0.29, 0.717) is 50.2 Å². The van der Waals surface area contributed by atoms with Gasteiger partial charge < -0.3 is 38.5 Å². The van der Waals surface area contributed by atoms with Gasteiger partial charge in [-0.15, -0.1) is 0 Å². The lowest BCUT2D eigenvalue weighted by Crippen LogP contribution is -2.03. The van der Waals surface area contributed by atoms with E-state index in [1.165, 1.54) is 74.2 Å². The van der Waals surface area contributed by atoms with E-state index in [2.05, 4.69) is 21.2 Å². The molecular formula is C30H31BrFNO8. The summed E-state index contributed by atoms with van der Waals surface area (Å²) in [4.78, 5) is 13.0. The molecule has 3 aromatic rings. The first kappa shape index (κ1) is 31.2. The molecule has 0 aliphatic heterocycles. The quantitative estimate of drug-likeness (QED) is 0.127. The SMILES string of the molecule is COc1cc(C=Cc2cc(F)c(OC)c(NC=CC(=O)c3cc(OC)c(OC)c(OC)c3Br)c2)cc(OC)c1OC. The summed E-state index contributed by atoms with van der Waals surface area (Å²) >= 11 is 3.40. The van der Waals surface area contributed by atoms with Gasteiger partial charge in [0.25, 0.3) is 0 Å². The van der Waals surface area contributed by atoms with Gasteiger partial charge in [-0.05, 0) is 57.4 Å². The normalized spacial score (nSPS) is 11.0. The number of carbonyl (C=O) groups is 1. The number of carbonyl (C=O) groups excluding carboxylic acids is 1. The Kier molecular flexibility index (Phi) is 10.9. The fourth-order valence-corrected chi connectivity index (χ4v) is 4.66. The predicted molar refractivity (Wildman–Crippen MR) is 159 cm³/mol. The maximum Gasteiger partial charge on any atom is 0.204 e. The van der Waals surface area contributed by atoms with Gasteiger partial charge in [-0.25, -0.2) is 4.39 Å². The standard InChI is InChI=1S/C30H31BrFNO8/c1-35-23-14-18(15-24(36-2)28(23)39-5)9-8-17-12-20(32)27(38-4)21(13-17)33-11-10-22(34)19-16-25(37-3)29(40-6)30(41-7)26(19)31/h8-16,33H,1-7H3. The lowest BCUT2D eigenvalue weighted by molar-refractivity contribution is 0.104. The Labute approximate surface area is 246 Å². The first-order valence-electron chi connectivity index (χ1n) is 12.1. The Balaban J connectivity index is 1.90. The molecule has 0 aliphatic carbocycles. The minimum atomic E-state index is -0.589. The second-order valence-electron chi connectivity index (χ2n) is 8.22. The van der Waals surface area contributed by atoms with E-state index in [0.717, 1.165) is 5.56 Å². The molecule has 0 aliphatic rings. The number of anilines is 1. The lowest BCUT2D eigenvalue weighted by Gasteiger charge is -2.15. The number of allylic oxidation sites excluding steroid dienone is 1. The van der Waals surface area contributed by atoms with E-state index in [4.69, 9.17) is 33.2 Å². The summed E-state index contributed by atoms with van der Waals surface area (Å²) in [7, 11) is 10.3. The van der Waals surface area contributed by atoms with Crippen LogP contribution in [0.3, 0.4) is 0 Å². The van der Waals surface area contributed by atoms with Gasteiger partial charge in [0.15, 0.2) is 40.3 Å². The number of nitrogens with one attached hydrogen (secondary N) is 1. The third-order valence-electron chi connectivity index (χ3n) is 5.93. The van der Waals surface area contributed by atoms with Crippen molar-refractivity contribution in [3.05, 3.63) is 69.6 Å². The number of benzene rings is 3. The van der Waals surface area contributed by atoms with Crippen LogP contribution in [0, 0.1) is 5.82 Å². The molecule has 0 atom stereocenters. The van der Waals surface area contributed by atoms with Crippen LogP contribution in [0.25, 0.3) is 12.2 Å². The Morgan fingerprint density at radius 2 is 1.20 bits per heavy atom. The lowest BCUT2D eigenvalue weighted by atomic mass is 10.1. The summed E-state index contributed by atoms with van der Waals surface area (Å²) in [5.41, 5.74) is 1.86.